The Balaban J connectivity index is 1.51. The quantitative estimate of drug-likeness (QED) is 0.865. The highest BCUT2D eigenvalue weighted by molar-refractivity contribution is 5.98. The molecule has 4 rings (SSSR count). The highest BCUT2D eigenvalue weighted by Crippen LogP contribution is 2.27. The van der Waals surface area contributed by atoms with Crippen molar-refractivity contribution < 1.29 is 14.7 Å². The molecule has 1 saturated heterocycles. The van der Waals surface area contributed by atoms with Gasteiger partial charge in [-0.1, -0.05) is 24.3 Å². The van der Waals surface area contributed by atoms with Gasteiger partial charge in [0.15, 0.2) is 0 Å². The smallest absolute Gasteiger partial charge is 0.335 e. The first-order chi connectivity index (χ1) is 13.5. The topological polar surface area (TPSA) is 60.9 Å². The number of carboxylic acid groups (broad SMARTS) is 1. The number of carbonyl (C=O) groups is 2. The number of aromatic carboxylic acids is 1. The van der Waals surface area contributed by atoms with Crippen LogP contribution in [-0.4, -0.2) is 59.0 Å². The Hall–Kier alpha value is -2.66. The highest BCUT2D eigenvalue weighted by Gasteiger charge is 2.26. The number of nitrogens with zero attached hydrogens (tertiary/aromatic N) is 2. The summed E-state index contributed by atoms with van der Waals surface area (Å²) in [5, 5.41) is 9.06. The van der Waals surface area contributed by atoms with Crippen LogP contribution in [0.1, 0.15) is 46.0 Å². The summed E-state index contributed by atoms with van der Waals surface area (Å²) in [5.74, 6) is -0.827. The Morgan fingerprint density at radius 2 is 1.82 bits per heavy atom. The second-order valence-electron chi connectivity index (χ2n) is 7.82. The maximum atomic E-state index is 13.1. The summed E-state index contributed by atoms with van der Waals surface area (Å²) in [4.78, 5) is 28.6. The molecule has 1 amide bonds. The van der Waals surface area contributed by atoms with Crippen LogP contribution in [0.3, 0.4) is 0 Å². The fourth-order valence-electron chi connectivity index (χ4n) is 4.29. The van der Waals surface area contributed by atoms with Gasteiger partial charge in [0.1, 0.15) is 0 Å². The van der Waals surface area contributed by atoms with Crippen molar-refractivity contribution in [3.63, 3.8) is 0 Å². The van der Waals surface area contributed by atoms with E-state index in [9.17, 15) is 9.59 Å². The lowest BCUT2D eigenvalue weighted by molar-refractivity contribution is 0.0693. The first-order valence-corrected chi connectivity index (χ1v) is 10.0. The molecule has 0 spiro atoms. The summed E-state index contributed by atoms with van der Waals surface area (Å²) in [6, 6.07) is 13.4. The standard InChI is InChI=1S/C23H26N2O3/c1-16-3-2-11-24(16)13-14-25-12-10-18-6-9-20(15-21(18)22(25)26)17-4-7-19(8-5-17)23(27)28/h4-9,15-16H,2-3,10-14H2,1H3,(H,27,28)/t16-/m1/s1. The minimum absolute atomic E-state index is 0.108. The molecule has 2 aliphatic rings. The zero-order chi connectivity index (χ0) is 19.7. The molecule has 0 aliphatic carbocycles. The van der Waals surface area contributed by atoms with Gasteiger partial charge in [-0.15, -0.1) is 0 Å². The Morgan fingerprint density at radius 3 is 2.50 bits per heavy atom. The van der Waals surface area contributed by atoms with Crippen molar-refractivity contribution in [1.82, 2.24) is 9.80 Å². The molecule has 0 radical (unpaired) electrons. The molecule has 2 aliphatic heterocycles. The van der Waals surface area contributed by atoms with E-state index in [1.165, 1.54) is 12.8 Å². The molecule has 1 fully saturated rings. The van der Waals surface area contributed by atoms with Crippen LogP contribution in [0.4, 0.5) is 0 Å². The maximum absolute atomic E-state index is 13.1. The van der Waals surface area contributed by atoms with E-state index >= 15 is 0 Å². The predicted octanol–water partition coefficient (Wildman–Crippen LogP) is 3.53. The van der Waals surface area contributed by atoms with Crippen molar-refractivity contribution in [2.24, 2.45) is 0 Å². The number of hydrogen-bond acceptors (Lipinski definition) is 3. The fourth-order valence-corrected chi connectivity index (χ4v) is 4.29. The first-order valence-electron chi connectivity index (χ1n) is 10.0. The van der Waals surface area contributed by atoms with Crippen LogP contribution >= 0.6 is 0 Å². The second kappa shape index (κ2) is 7.76. The van der Waals surface area contributed by atoms with Gasteiger partial charge in [-0.3, -0.25) is 9.69 Å². The first kappa shape index (κ1) is 18.7. The summed E-state index contributed by atoms with van der Waals surface area (Å²) in [6.07, 6.45) is 3.39. The van der Waals surface area contributed by atoms with Crippen LogP contribution < -0.4 is 0 Å². The lowest BCUT2D eigenvalue weighted by Crippen LogP contribution is -2.43. The molecule has 1 atom stereocenters. The summed E-state index contributed by atoms with van der Waals surface area (Å²) in [7, 11) is 0. The van der Waals surface area contributed by atoms with Crippen LogP contribution in [0.2, 0.25) is 0 Å². The van der Waals surface area contributed by atoms with Crippen LogP contribution in [0.25, 0.3) is 11.1 Å². The van der Waals surface area contributed by atoms with E-state index in [2.05, 4.69) is 11.8 Å². The molecule has 0 unspecified atom stereocenters. The highest BCUT2D eigenvalue weighted by atomic mass is 16.4. The Kier molecular flexibility index (Phi) is 5.18. The van der Waals surface area contributed by atoms with Crippen LogP contribution in [0.15, 0.2) is 42.5 Å². The molecule has 0 bridgehead atoms. The molecule has 2 aromatic rings. The Bertz CT molecular complexity index is 891. The van der Waals surface area contributed by atoms with Crippen molar-refractivity contribution in [2.75, 3.05) is 26.2 Å². The number of benzene rings is 2. The van der Waals surface area contributed by atoms with Gasteiger partial charge in [0.05, 0.1) is 5.56 Å². The van der Waals surface area contributed by atoms with E-state index in [4.69, 9.17) is 5.11 Å². The minimum Gasteiger partial charge on any atom is -0.478 e. The molecule has 0 saturated carbocycles. The number of amides is 1. The lowest BCUT2D eigenvalue weighted by atomic mass is 9.94. The predicted molar refractivity (Wildman–Crippen MR) is 109 cm³/mol. The van der Waals surface area contributed by atoms with E-state index in [-0.39, 0.29) is 11.5 Å². The number of likely N-dealkylation sites (tertiary alicyclic amines) is 1. The normalized spacial score (nSPS) is 19.7. The van der Waals surface area contributed by atoms with E-state index in [0.29, 0.717) is 6.04 Å². The third-order valence-electron chi connectivity index (χ3n) is 6.09. The van der Waals surface area contributed by atoms with Crippen molar-refractivity contribution in [2.45, 2.75) is 32.2 Å². The average Bonchev–Trinajstić information content (AvgIpc) is 3.12. The van der Waals surface area contributed by atoms with Crippen molar-refractivity contribution >= 4 is 11.9 Å². The van der Waals surface area contributed by atoms with Gasteiger partial charge < -0.3 is 10.0 Å². The summed E-state index contributed by atoms with van der Waals surface area (Å²) < 4.78 is 0. The lowest BCUT2D eigenvalue weighted by Gasteiger charge is -2.31. The van der Waals surface area contributed by atoms with Gasteiger partial charge in [0, 0.05) is 31.2 Å². The summed E-state index contributed by atoms with van der Waals surface area (Å²) >= 11 is 0. The van der Waals surface area contributed by atoms with Crippen molar-refractivity contribution in [1.29, 1.82) is 0 Å². The summed E-state index contributed by atoms with van der Waals surface area (Å²) in [5.41, 5.74) is 4.00. The molecule has 1 N–H and O–H groups in total. The largest absolute Gasteiger partial charge is 0.478 e. The molecule has 5 nitrogen and oxygen atoms in total. The number of rotatable bonds is 5. The van der Waals surface area contributed by atoms with Crippen LogP contribution in [0, 0.1) is 0 Å². The third kappa shape index (κ3) is 3.67. The second-order valence-corrected chi connectivity index (χ2v) is 7.82. The number of hydrogen-bond donors (Lipinski definition) is 1. The third-order valence-corrected chi connectivity index (χ3v) is 6.09. The van der Waals surface area contributed by atoms with Crippen LogP contribution in [-0.2, 0) is 6.42 Å². The van der Waals surface area contributed by atoms with E-state index in [0.717, 1.165) is 54.9 Å². The van der Waals surface area contributed by atoms with Gasteiger partial charge in [0.2, 0.25) is 0 Å². The van der Waals surface area contributed by atoms with Gasteiger partial charge in [-0.05, 0) is 67.6 Å². The molecule has 146 valence electrons. The molecule has 0 aromatic heterocycles. The van der Waals surface area contributed by atoms with Gasteiger partial charge >= 0.3 is 5.97 Å². The minimum atomic E-state index is -0.935. The zero-order valence-electron chi connectivity index (χ0n) is 16.2. The molecule has 2 aromatic carbocycles. The van der Waals surface area contributed by atoms with Crippen molar-refractivity contribution in [3.05, 3.63) is 59.2 Å². The Morgan fingerprint density at radius 1 is 1.07 bits per heavy atom. The van der Waals surface area contributed by atoms with Crippen LogP contribution in [0.5, 0.6) is 0 Å². The molecular weight excluding hydrogens is 352 g/mol. The molecule has 5 heteroatoms. The van der Waals surface area contributed by atoms with E-state index in [1.807, 2.05) is 23.1 Å². The molecule has 28 heavy (non-hydrogen) atoms. The molecular formula is C23H26N2O3. The van der Waals surface area contributed by atoms with Gasteiger partial charge in [-0.2, -0.15) is 0 Å². The van der Waals surface area contributed by atoms with E-state index < -0.39 is 5.97 Å². The van der Waals surface area contributed by atoms with Gasteiger partial charge in [0.25, 0.3) is 5.91 Å². The number of carbonyl (C=O) groups excluding carboxylic acids is 1. The van der Waals surface area contributed by atoms with E-state index in [1.54, 1.807) is 24.3 Å². The number of carboxylic acids is 1. The summed E-state index contributed by atoms with van der Waals surface area (Å²) in [6.45, 7) is 5.90. The maximum Gasteiger partial charge on any atom is 0.335 e. The monoisotopic (exact) mass is 378 g/mol. The SMILES string of the molecule is C[C@@H]1CCCN1CCN1CCc2ccc(-c3ccc(C(=O)O)cc3)cc2C1=O. The van der Waals surface area contributed by atoms with Gasteiger partial charge in [-0.25, -0.2) is 4.79 Å². The zero-order valence-corrected chi connectivity index (χ0v) is 16.2. The van der Waals surface area contributed by atoms with Crippen molar-refractivity contribution in [3.8, 4) is 11.1 Å². The Labute approximate surface area is 165 Å². The molecule has 2 heterocycles. The number of fused-ring (bicyclic) bond motifs is 1. The fraction of sp³-hybridized carbons (Fsp3) is 0.391. The average molecular weight is 378 g/mol.